The molecule has 1 aromatic rings. The first-order chi connectivity index (χ1) is 9.74. The fraction of sp³-hybridized carbons (Fsp3) is 0.500. The number of amides is 3. The number of para-hydroxylation sites is 1. The van der Waals surface area contributed by atoms with E-state index in [2.05, 4.69) is 13.8 Å². The van der Waals surface area contributed by atoms with E-state index in [4.69, 9.17) is 0 Å². The number of anilines is 1. The molecule has 0 radical (unpaired) electrons. The van der Waals surface area contributed by atoms with E-state index in [1.54, 1.807) is 17.0 Å². The summed E-state index contributed by atoms with van der Waals surface area (Å²) in [6.07, 6.45) is 4.57. The van der Waals surface area contributed by atoms with Crippen molar-refractivity contribution in [3.63, 3.8) is 0 Å². The molecule has 0 aliphatic rings. The number of hydrogen-bond donors (Lipinski definition) is 0. The van der Waals surface area contributed by atoms with Crippen molar-refractivity contribution in [1.82, 2.24) is 4.90 Å². The maximum absolute atomic E-state index is 12.5. The van der Waals surface area contributed by atoms with E-state index in [0.29, 0.717) is 25.2 Å². The number of nitrogens with zero attached hydrogens (tertiary/aromatic N) is 2. The summed E-state index contributed by atoms with van der Waals surface area (Å²) in [5, 5.41) is 0. The first kappa shape index (κ1) is 16.2. The van der Waals surface area contributed by atoms with Gasteiger partial charge in [0, 0.05) is 13.1 Å². The summed E-state index contributed by atoms with van der Waals surface area (Å²) in [7, 11) is 0. The van der Waals surface area contributed by atoms with Gasteiger partial charge in [-0.05, 0) is 25.0 Å². The zero-order valence-electron chi connectivity index (χ0n) is 12.4. The third-order valence-corrected chi connectivity index (χ3v) is 3.18. The van der Waals surface area contributed by atoms with Crippen molar-refractivity contribution in [3.05, 3.63) is 30.3 Å². The minimum atomic E-state index is -0.229. The molecule has 0 bridgehead atoms. The average Bonchev–Trinajstić information content (AvgIpc) is 2.49. The fourth-order valence-electron chi connectivity index (χ4n) is 1.96. The molecule has 0 aliphatic carbocycles. The van der Waals surface area contributed by atoms with Gasteiger partial charge >= 0.3 is 6.03 Å². The summed E-state index contributed by atoms with van der Waals surface area (Å²) >= 11 is 0. The van der Waals surface area contributed by atoms with Gasteiger partial charge in [-0.15, -0.1) is 0 Å². The maximum Gasteiger partial charge on any atom is 0.331 e. The van der Waals surface area contributed by atoms with E-state index >= 15 is 0 Å². The second kappa shape index (κ2) is 9.13. The molecule has 0 aliphatic heterocycles. The highest BCUT2D eigenvalue weighted by Crippen LogP contribution is 2.14. The van der Waals surface area contributed by atoms with E-state index in [1.807, 2.05) is 18.2 Å². The van der Waals surface area contributed by atoms with Crippen LogP contribution in [0.5, 0.6) is 0 Å². The van der Waals surface area contributed by atoms with Gasteiger partial charge in [-0.1, -0.05) is 44.9 Å². The van der Waals surface area contributed by atoms with Gasteiger partial charge in [0.2, 0.25) is 6.41 Å². The van der Waals surface area contributed by atoms with Gasteiger partial charge in [0.15, 0.2) is 0 Å². The Balaban J connectivity index is 2.81. The Kier molecular flexibility index (Phi) is 7.40. The van der Waals surface area contributed by atoms with Crippen molar-refractivity contribution in [2.75, 3.05) is 18.0 Å². The first-order valence-corrected chi connectivity index (χ1v) is 7.33. The Morgan fingerprint density at radius 2 is 1.60 bits per heavy atom. The molecule has 4 heteroatoms. The Morgan fingerprint density at radius 3 is 2.05 bits per heavy atom. The van der Waals surface area contributed by atoms with Crippen LogP contribution in [0, 0.1) is 0 Å². The minimum absolute atomic E-state index is 0.229. The van der Waals surface area contributed by atoms with E-state index in [0.717, 1.165) is 25.7 Å². The van der Waals surface area contributed by atoms with E-state index in [-0.39, 0.29) is 6.03 Å². The number of benzene rings is 1. The van der Waals surface area contributed by atoms with Crippen LogP contribution < -0.4 is 4.90 Å². The minimum Gasteiger partial charge on any atom is -0.324 e. The molecule has 1 rings (SSSR count). The highest BCUT2D eigenvalue weighted by atomic mass is 16.2. The van der Waals surface area contributed by atoms with Crippen LogP contribution in [0.2, 0.25) is 0 Å². The van der Waals surface area contributed by atoms with Crippen LogP contribution in [0.25, 0.3) is 0 Å². The SMILES string of the molecule is CCCCN(CCCC)C(=O)N(C=O)c1ccccc1. The largest absolute Gasteiger partial charge is 0.331 e. The van der Waals surface area contributed by atoms with Gasteiger partial charge in [0.05, 0.1) is 5.69 Å². The highest BCUT2D eigenvalue weighted by Gasteiger charge is 2.21. The lowest BCUT2D eigenvalue weighted by atomic mass is 10.2. The van der Waals surface area contributed by atoms with Gasteiger partial charge in [-0.3, -0.25) is 4.79 Å². The summed E-state index contributed by atoms with van der Waals surface area (Å²) in [5.41, 5.74) is 0.616. The summed E-state index contributed by atoms with van der Waals surface area (Å²) in [4.78, 5) is 26.7. The molecule has 3 amide bonds. The average molecular weight is 276 g/mol. The molecule has 0 heterocycles. The molecule has 20 heavy (non-hydrogen) atoms. The number of urea groups is 1. The van der Waals surface area contributed by atoms with Crippen molar-refractivity contribution in [2.24, 2.45) is 0 Å². The van der Waals surface area contributed by atoms with Gasteiger partial charge in [-0.2, -0.15) is 0 Å². The van der Waals surface area contributed by atoms with Crippen LogP contribution in [0.15, 0.2) is 30.3 Å². The molecule has 0 saturated heterocycles. The molecule has 0 N–H and O–H groups in total. The predicted molar refractivity (Wildman–Crippen MR) is 81.8 cm³/mol. The van der Waals surface area contributed by atoms with E-state index < -0.39 is 0 Å². The van der Waals surface area contributed by atoms with E-state index in [9.17, 15) is 9.59 Å². The molecule has 110 valence electrons. The van der Waals surface area contributed by atoms with Crippen molar-refractivity contribution in [2.45, 2.75) is 39.5 Å². The summed E-state index contributed by atoms with van der Waals surface area (Å²) < 4.78 is 0. The predicted octanol–water partition coefficient (Wildman–Crippen LogP) is 3.67. The highest BCUT2D eigenvalue weighted by molar-refractivity contribution is 6.05. The van der Waals surface area contributed by atoms with Crippen molar-refractivity contribution < 1.29 is 9.59 Å². The number of carbonyl (C=O) groups excluding carboxylic acids is 2. The number of hydrogen-bond acceptors (Lipinski definition) is 2. The monoisotopic (exact) mass is 276 g/mol. The molecule has 4 nitrogen and oxygen atoms in total. The molecule has 0 saturated carbocycles. The maximum atomic E-state index is 12.5. The molecular formula is C16H24N2O2. The third-order valence-electron chi connectivity index (χ3n) is 3.18. The van der Waals surface area contributed by atoms with Crippen molar-refractivity contribution in [3.8, 4) is 0 Å². The Bertz CT molecular complexity index is 398. The Hall–Kier alpha value is -1.84. The lowest BCUT2D eigenvalue weighted by Crippen LogP contribution is -2.43. The lowest BCUT2D eigenvalue weighted by Gasteiger charge is -2.27. The molecule has 1 aromatic carbocycles. The van der Waals surface area contributed by atoms with Crippen molar-refractivity contribution >= 4 is 18.1 Å². The molecular weight excluding hydrogens is 252 g/mol. The molecule has 0 aromatic heterocycles. The van der Waals surface area contributed by atoms with Gasteiger partial charge in [-0.25, -0.2) is 9.69 Å². The normalized spacial score (nSPS) is 10.1. The molecule has 0 unspecified atom stereocenters. The van der Waals surface area contributed by atoms with Crippen LogP contribution in [0.4, 0.5) is 10.5 Å². The zero-order chi connectivity index (χ0) is 14.8. The smallest absolute Gasteiger partial charge is 0.324 e. The second-order valence-corrected chi connectivity index (χ2v) is 4.79. The van der Waals surface area contributed by atoms with Crippen LogP contribution in [-0.4, -0.2) is 30.4 Å². The number of carbonyl (C=O) groups is 2. The van der Waals surface area contributed by atoms with Crippen LogP contribution >= 0.6 is 0 Å². The third kappa shape index (κ3) is 4.68. The van der Waals surface area contributed by atoms with Gasteiger partial charge < -0.3 is 4.90 Å². The summed E-state index contributed by atoms with van der Waals surface area (Å²) in [6, 6.07) is 8.81. The summed E-state index contributed by atoms with van der Waals surface area (Å²) in [5.74, 6) is 0. The number of rotatable bonds is 8. The van der Waals surface area contributed by atoms with Crippen molar-refractivity contribution in [1.29, 1.82) is 0 Å². The van der Waals surface area contributed by atoms with Crippen LogP contribution in [0.3, 0.4) is 0 Å². The molecule has 0 atom stereocenters. The first-order valence-electron chi connectivity index (χ1n) is 7.33. The van der Waals surface area contributed by atoms with Gasteiger partial charge in [0.1, 0.15) is 0 Å². The lowest BCUT2D eigenvalue weighted by molar-refractivity contribution is -0.107. The Labute approximate surface area is 121 Å². The van der Waals surface area contributed by atoms with E-state index in [1.165, 1.54) is 4.90 Å². The second-order valence-electron chi connectivity index (χ2n) is 4.79. The number of unbranched alkanes of at least 4 members (excludes halogenated alkanes) is 2. The zero-order valence-corrected chi connectivity index (χ0v) is 12.4. The number of imide groups is 1. The Morgan fingerprint density at radius 1 is 1.05 bits per heavy atom. The fourth-order valence-corrected chi connectivity index (χ4v) is 1.96. The summed E-state index contributed by atoms with van der Waals surface area (Å²) in [6.45, 7) is 5.59. The standard InChI is InChI=1S/C16H24N2O2/c1-3-5-12-17(13-6-4-2)16(20)18(14-19)15-10-8-7-9-11-15/h7-11,14H,3-6,12-13H2,1-2H3. The van der Waals surface area contributed by atoms with Gasteiger partial charge in [0.25, 0.3) is 0 Å². The quantitative estimate of drug-likeness (QED) is 0.680. The van der Waals surface area contributed by atoms with Crippen LogP contribution in [-0.2, 0) is 4.79 Å². The molecule has 0 fully saturated rings. The van der Waals surface area contributed by atoms with Crippen LogP contribution in [0.1, 0.15) is 39.5 Å². The topological polar surface area (TPSA) is 40.6 Å². The molecule has 0 spiro atoms.